The minimum Gasteiger partial charge on any atom is -0.480 e. The van der Waals surface area contributed by atoms with Crippen LogP contribution in [0.3, 0.4) is 0 Å². The Morgan fingerprint density at radius 3 is 2.50 bits per heavy atom. The van der Waals surface area contributed by atoms with E-state index in [0.717, 1.165) is 19.4 Å². The standard InChI is InChI=1S/C18H23FN2O3/c1-12-3-4-13(9-14(12)19)16(22)21-7-5-18(6-8-21)10-15(17(23)24)20(2)11-18/h3-4,9,15H,5-8,10-11H2,1-2H3,(H,23,24)/t15-/m1/s1. The average molecular weight is 334 g/mol. The number of aliphatic carboxylic acids is 1. The molecule has 1 aromatic carbocycles. The van der Waals surface area contributed by atoms with Gasteiger partial charge in [-0.15, -0.1) is 0 Å². The number of benzene rings is 1. The van der Waals surface area contributed by atoms with Crippen molar-refractivity contribution in [1.82, 2.24) is 9.80 Å². The molecule has 0 unspecified atom stereocenters. The molecule has 130 valence electrons. The summed E-state index contributed by atoms with van der Waals surface area (Å²) in [6, 6.07) is 4.15. The molecule has 0 bridgehead atoms. The summed E-state index contributed by atoms with van der Waals surface area (Å²) >= 11 is 0. The van der Waals surface area contributed by atoms with E-state index in [0.29, 0.717) is 30.6 Å². The highest BCUT2D eigenvalue weighted by Gasteiger charge is 2.47. The van der Waals surface area contributed by atoms with Crippen molar-refractivity contribution < 1.29 is 19.1 Å². The third-order valence-electron chi connectivity index (χ3n) is 5.56. The van der Waals surface area contributed by atoms with E-state index < -0.39 is 12.0 Å². The number of likely N-dealkylation sites (N-methyl/N-ethyl adjacent to an activating group) is 1. The van der Waals surface area contributed by atoms with Crippen molar-refractivity contribution in [2.75, 3.05) is 26.7 Å². The SMILES string of the molecule is Cc1ccc(C(=O)N2CCC3(CC2)C[C@H](C(=O)O)N(C)C3)cc1F. The van der Waals surface area contributed by atoms with E-state index in [4.69, 9.17) is 0 Å². The van der Waals surface area contributed by atoms with Gasteiger partial charge in [0.15, 0.2) is 0 Å². The van der Waals surface area contributed by atoms with Crippen LogP contribution in [0.4, 0.5) is 4.39 Å². The summed E-state index contributed by atoms with van der Waals surface area (Å²) in [7, 11) is 1.85. The summed E-state index contributed by atoms with van der Waals surface area (Å²) in [6.07, 6.45) is 2.22. The Kier molecular flexibility index (Phi) is 4.34. The lowest BCUT2D eigenvalue weighted by atomic mass is 9.76. The molecule has 0 radical (unpaired) electrons. The van der Waals surface area contributed by atoms with Crippen LogP contribution in [0.25, 0.3) is 0 Å². The predicted molar refractivity (Wildman–Crippen MR) is 87.4 cm³/mol. The van der Waals surface area contributed by atoms with Gasteiger partial charge in [-0.1, -0.05) is 6.07 Å². The highest BCUT2D eigenvalue weighted by Crippen LogP contribution is 2.43. The van der Waals surface area contributed by atoms with E-state index in [-0.39, 0.29) is 17.1 Å². The molecule has 2 saturated heterocycles. The molecule has 1 aromatic rings. The lowest BCUT2D eigenvalue weighted by molar-refractivity contribution is -0.141. The third-order valence-corrected chi connectivity index (χ3v) is 5.56. The van der Waals surface area contributed by atoms with Crippen LogP contribution in [0, 0.1) is 18.2 Å². The summed E-state index contributed by atoms with van der Waals surface area (Å²) in [6.45, 7) is 3.61. The van der Waals surface area contributed by atoms with Gasteiger partial charge in [0.25, 0.3) is 5.91 Å². The highest BCUT2D eigenvalue weighted by atomic mass is 19.1. The second-order valence-corrected chi connectivity index (χ2v) is 7.23. The summed E-state index contributed by atoms with van der Waals surface area (Å²) in [5.74, 6) is -1.29. The molecule has 2 aliphatic rings. The van der Waals surface area contributed by atoms with Gasteiger partial charge < -0.3 is 10.0 Å². The van der Waals surface area contributed by atoms with Crippen LogP contribution in [0.5, 0.6) is 0 Å². The van der Waals surface area contributed by atoms with Gasteiger partial charge in [-0.05, 0) is 56.3 Å². The molecule has 6 heteroatoms. The van der Waals surface area contributed by atoms with Gasteiger partial charge in [-0.3, -0.25) is 14.5 Å². The Morgan fingerprint density at radius 2 is 1.96 bits per heavy atom. The van der Waals surface area contributed by atoms with Crippen LogP contribution >= 0.6 is 0 Å². The first-order valence-electron chi connectivity index (χ1n) is 8.30. The number of carboxylic acids is 1. The van der Waals surface area contributed by atoms with Crippen LogP contribution in [0.15, 0.2) is 18.2 Å². The maximum absolute atomic E-state index is 13.7. The fraction of sp³-hybridized carbons (Fsp3) is 0.556. The molecule has 2 heterocycles. The fourth-order valence-corrected chi connectivity index (χ4v) is 4.00. The molecule has 2 fully saturated rings. The maximum Gasteiger partial charge on any atom is 0.320 e. The number of rotatable bonds is 2. The molecule has 3 rings (SSSR count). The van der Waals surface area contributed by atoms with Crippen LogP contribution < -0.4 is 0 Å². The summed E-state index contributed by atoms with van der Waals surface area (Å²) in [5.41, 5.74) is 0.881. The number of carbonyl (C=O) groups is 2. The number of hydrogen-bond donors (Lipinski definition) is 1. The number of piperidine rings is 1. The normalized spacial score (nSPS) is 23.6. The minimum atomic E-state index is -0.775. The van der Waals surface area contributed by atoms with E-state index in [2.05, 4.69) is 0 Å². The van der Waals surface area contributed by atoms with Crippen LogP contribution in [-0.4, -0.2) is 59.5 Å². The van der Waals surface area contributed by atoms with Crippen molar-refractivity contribution in [1.29, 1.82) is 0 Å². The second kappa shape index (κ2) is 6.16. The minimum absolute atomic E-state index is 0.0207. The van der Waals surface area contributed by atoms with Gasteiger partial charge in [0.05, 0.1) is 0 Å². The molecule has 1 spiro atoms. The summed E-state index contributed by atoms with van der Waals surface area (Å²) in [4.78, 5) is 27.5. The molecule has 1 N–H and O–H groups in total. The van der Waals surface area contributed by atoms with Crippen LogP contribution in [0.2, 0.25) is 0 Å². The van der Waals surface area contributed by atoms with Crippen molar-refractivity contribution in [3.05, 3.63) is 35.1 Å². The molecule has 1 amide bonds. The van der Waals surface area contributed by atoms with E-state index in [1.165, 1.54) is 6.07 Å². The number of hydrogen-bond acceptors (Lipinski definition) is 3. The van der Waals surface area contributed by atoms with Crippen molar-refractivity contribution >= 4 is 11.9 Å². The summed E-state index contributed by atoms with van der Waals surface area (Å²) < 4.78 is 13.7. The lowest BCUT2D eigenvalue weighted by Crippen LogP contribution is -2.44. The first kappa shape index (κ1) is 16.9. The average Bonchev–Trinajstić information content (AvgIpc) is 2.87. The number of aryl methyl sites for hydroxylation is 1. The molecule has 0 aromatic heterocycles. The Hall–Kier alpha value is -1.95. The molecule has 2 aliphatic heterocycles. The van der Waals surface area contributed by atoms with Crippen LogP contribution in [-0.2, 0) is 4.79 Å². The Balaban J connectivity index is 1.66. The van der Waals surface area contributed by atoms with E-state index in [9.17, 15) is 19.1 Å². The Labute approximate surface area is 141 Å². The molecule has 1 atom stereocenters. The number of carboxylic acid groups (broad SMARTS) is 1. The van der Waals surface area contributed by atoms with Crippen molar-refractivity contribution in [3.8, 4) is 0 Å². The fourth-order valence-electron chi connectivity index (χ4n) is 4.00. The van der Waals surface area contributed by atoms with Gasteiger partial charge in [0.2, 0.25) is 0 Å². The first-order valence-corrected chi connectivity index (χ1v) is 8.30. The van der Waals surface area contributed by atoms with Crippen molar-refractivity contribution in [2.24, 2.45) is 5.41 Å². The Bertz CT molecular complexity index is 668. The second-order valence-electron chi connectivity index (χ2n) is 7.23. The number of amides is 1. The van der Waals surface area contributed by atoms with Crippen molar-refractivity contribution in [3.63, 3.8) is 0 Å². The molecule has 5 nitrogen and oxygen atoms in total. The van der Waals surface area contributed by atoms with Gasteiger partial charge >= 0.3 is 5.97 Å². The smallest absolute Gasteiger partial charge is 0.320 e. The quantitative estimate of drug-likeness (QED) is 0.900. The van der Waals surface area contributed by atoms with Gasteiger partial charge in [0, 0.05) is 25.2 Å². The zero-order valence-electron chi connectivity index (χ0n) is 14.1. The molecule has 24 heavy (non-hydrogen) atoms. The topological polar surface area (TPSA) is 60.9 Å². The van der Waals surface area contributed by atoms with E-state index in [1.54, 1.807) is 24.0 Å². The number of nitrogens with zero attached hydrogens (tertiary/aromatic N) is 2. The van der Waals surface area contributed by atoms with E-state index >= 15 is 0 Å². The predicted octanol–water partition coefficient (Wildman–Crippen LogP) is 2.15. The third kappa shape index (κ3) is 3.02. The first-order chi connectivity index (χ1) is 11.3. The highest BCUT2D eigenvalue weighted by molar-refractivity contribution is 5.94. The largest absolute Gasteiger partial charge is 0.480 e. The Morgan fingerprint density at radius 1 is 1.29 bits per heavy atom. The van der Waals surface area contributed by atoms with Gasteiger partial charge in [-0.2, -0.15) is 0 Å². The zero-order chi connectivity index (χ0) is 17.5. The molecular weight excluding hydrogens is 311 g/mol. The molecular formula is C18H23FN2O3. The van der Waals surface area contributed by atoms with Crippen molar-refractivity contribution in [2.45, 2.75) is 32.2 Å². The number of likely N-dealkylation sites (tertiary alicyclic amines) is 2. The van der Waals surface area contributed by atoms with Gasteiger partial charge in [-0.25, -0.2) is 4.39 Å². The zero-order valence-corrected chi connectivity index (χ0v) is 14.1. The lowest BCUT2D eigenvalue weighted by Gasteiger charge is -2.39. The monoisotopic (exact) mass is 334 g/mol. The van der Waals surface area contributed by atoms with Crippen LogP contribution in [0.1, 0.15) is 35.2 Å². The number of carbonyl (C=O) groups excluding carboxylic acids is 1. The number of halogens is 1. The molecule has 0 aliphatic carbocycles. The maximum atomic E-state index is 13.7. The van der Waals surface area contributed by atoms with E-state index in [1.807, 2.05) is 11.9 Å². The van der Waals surface area contributed by atoms with Gasteiger partial charge in [0.1, 0.15) is 11.9 Å². The molecule has 0 saturated carbocycles. The summed E-state index contributed by atoms with van der Waals surface area (Å²) in [5, 5.41) is 9.29.